The Labute approximate surface area is 227 Å². The van der Waals surface area contributed by atoms with Crippen molar-refractivity contribution in [3.63, 3.8) is 0 Å². The number of carbonyl (C=O) groups is 1. The van der Waals surface area contributed by atoms with Crippen molar-refractivity contribution in [1.29, 1.82) is 0 Å². The Bertz CT molecular complexity index is 515. The second-order valence-corrected chi connectivity index (χ2v) is 11.6. The summed E-state index contributed by atoms with van der Waals surface area (Å²) >= 11 is 5.38. The normalized spacial score (nSPS) is 13.5. The van der Waals surface area contributed by atoms with Crippen molar-refractivity contribution in [3.8, 4) is 0 Å². The van der Waals surface area contributed by atoms with Crippen LogP contribution in [0.15, 0.2) is 0 Å². The van der Waals surface area contributed by atoms with Gasteiger partial charge < -0.3 is 19.7 Å². The monoisotopic (exact) mass is 552 g/mol. The highest BCUT2D eigenvalue weighted by Crippen LogP contribution is 2.26. The number of nitrogens with one attached hydrogen (secondary N) is 1. The van der Waals surface area contributed by atoms with Crippen molar-refractivity contribution in [2.45, 2.75) is 135 Å². The predicted octanol–water partition coefficient (Wildman–Crippen LogP) is 6.32. The Morgan fingerprint density at radius 1 is 0.833 bits per heavy atom. The fourth-order valence-corrected chi connectivity index (χ4v) is 5.58. The molecule has 0 aliphatic heterocycles. The second kappa shape index (κ2) is 27.8. The zero-order valence-electron chi connectivity index (χ0n) is 23.1. The zero-order chi connectivity index (χ0) is 26.7. The number of unbranched alkanes of at least 4 members (excludes halogenated alkanes) is 14. The molecule has 0 spiro atoms. The van der Waals surface area contributed by atoms with Gasteiger partial charge in [-0.1, -0.05) is 96.8 Å². The van der Waals surface area contributed by atoms with Crippen molar-refractivity contribution in [2.24, 2.45) is 0 Å². The smallest absolute Gasteiger partial charge is 0.439 e. The molecular formula is C27H55NO6PS+. The molecule has 0 aliphatic carbocycles. The first-order valence-corrected chi connectivity index (χ1v) is 16.6. The van der Waals surface area contributed by atoms with E-state index in [2.05, 4.69) is 16.7 Å². The number of ether oxygens (including phenoxy) is 2. The molecule has 0 bridgehead atoms. The zero-order valence-corrected chi connectivity index (χ0v) is 24.8. The lowest BCUT2D eigenvalue weighted by molar-refractivity contribution is -0.140. The summed E-state index contributed by atoms with van der Waals surface area (Å²) in [5, 5.41) is 21.9. The van der Waals surface area contributed by atoms with E-state index in [-0.39, 0.29) is 25.3 Å². The molecule has 0 amide bonds. The summed E-state index contributed by atoms with van der Waals surface area (Å²) < 4.78 is 16.6. The van der Waals surface area contributed by atoms with E-state index in [1.165, 1.54) is 84.2 Å². The second-order valence-electron chi connectivity index (χ2n) is 9.54. The summed E-state index contributed by atoms with van der Waals surface area (Å²) in [4.78, 5) is 11.2. The Morgan fingerprint density at radius 2 is 1.39 bits per heavy atom. The van der Waals surface area contributed by atoms with Crippen LogP contribution in [0.1, 0.15) is 122 Å². The maximum Gasteiger partial charge on any atom is 0.439 e. The minimum absolute atomic E-state index is 0.00256. The number of hydrogen-bond acceptors (Lipinski definition) is 7. The van der Waals surface area contributed by atoms with Gasteiger partial charge >= 0.3 is 13.0 Å². The van der Waals surface area contributed by atoms with Gasteiger partial charge in [0.2, 0.25) is 11.8 Å². The standard InChI is InChI=1S/C27H55NO6PS/c1-3-4-5-6-7-8-9-10-11-12-13-14-15-16-19-25(34-35(36)28-21-22-29)26(24-30)33-23-18-17-20-27(31)32-2/h25-26,29-30H,3-24H2,1-2H3,(H,28,36)/q+1/t25?,26-/m0/s1. The molecule has 7 nitrogen and oxygen atoms in total. The highest BCUT2D eigenvalue weighted by molar-refractivity contribution is 8.02. The SMILES string of the molecule is CCCCCCCCCCCCCCCCC(O[P+](=S)NCCO)[C@H](CO)OCCCCC(=O)OC. The summed E-state index contributed by atoms with van der Waals surface area (Å²) in [7, 11) is 0.0684. The molecule has 0 saturated heterocycles. The third kappa shape index (κ3) is 22.9. The Hall–Kier alpha value is -0.210. The lowest BCUT2D eigenvalue weighted by Crippen LogP contribution is -2.34. The minimum atomic E-state index is -1.32. The number of rotatable bonds is 28. The van der Waals surface area contributed by atoms with E-state index >= 15 is 0 Å². The van der Waals surface area contributed by atoms with Gasteiger partial charge in [0.1, 0.15) is 12.2 Å². The summed E-state index contributed by atoms with van der Waals surface area (Å²) in [5.41, 5.74) is 0. The third-order valence-corrected chi connectivity index (χ3v) is 7.95. The number of carbonyl (C=O) groups excluding carboxylic acids is 1. The molecule has 0 fully saturated rings. The van der Waals surface area contributed by atoms with E-state index in [0.29, 0.717) is 32.4 Å². The maximum absolute atomic E-state index is 11.2. The molecule has 0 radical (unpaired) electrons. The van der Waals surface area contributed by atoms with Crippen LogP contribution in [0.25, 0.3) is 0 Å². The average molecular weight is 553 g/mol. The van der Waals surface area contributed by atoms with Gasteiger partial charge in [0, 0.05) is 13.0 Å². The molecule has 36 heavy (non-hydrogen) atoms. The number of aliphatic hydroxyl groups is 2. The molecule has 0 rings (SSSR count). The Balaban J connectivity index is 4.13. The molecule has 3 atom stereocenters. The number of hydrogen-bond donors (Lipinski definition) is 3. The van der Waals surface area contributed by atoms with Crippen LogP contribution in [0.5, 0.6) is 0 Å². The topological polar surface area (TPSA) is 97.3 Å². The molecular weight excluding hydrogens is 497 g/mol. The van der Waals surface area contributed by atoms with E-state index in [0.717, 1.165) is 19.3 Å². The van der Waals surface area contributed by atoms with Gasteiger partial charge in [0.15, 0.2) is 0 Å². The number of methoxy groups -OCH3 is 1. The van der Waals surface area contributed by atoms with Crippen LogP contribution < -0.4 is 5.09 Å². The molecule has 0 aromatic rings. The van der Waals surface area contributed by atoms with Crippen molar-refractivity contribution in [2.75, 3.05) is 33.5 Å². The van der Waals surface area contributed by atoms with Crippen molar-refractivity contribution < 1.29 is 29.0 Å². The minimum Gasteiger partial charge on any atom is -0.469 e. The largest absolute Gasteiger partial charge is 0.469 e. The molecule has 0 aromatic carbocycles. The molecule has 2 unspecified atom stereocenters. The summed E-state index contributed by atoms with van der Waals surface area (Å²) in [6.07, 6.45) is 20.1. The van der Waals surface area contributed by atoms with Crippen LogP contribution in [0.4, 0.5) is 0 Å². The summed E-state index contributed by atoms with van der Waals surface area (Å²) in [6.45, 7) is 2.96. The van der Waals surface area contributed by atoms with E-state index in [1.807, 2.05) is 0 Å². The first-order chi connectivity index (χ1) is 17.6. The van der Waals surface area contributed by atoms with E-state index in [9.17, 15) is 9.90 Å². The highest BCUT2D eigenvalue weighted by Gasteiger charge is 2.29. The number of aliphatic hydroxyl groups excluding tert-OH is 2. The molecule has 214 valence electrons. The molecule has 0 heterocycles. The molecule has 3 N–H and O–H groups in total. The lowest BCUT2D eigenvalue weighted by atomic mass is 10.0. The number of esters is 1. The van der Waals surface area contributed by atoms with Crippen LogP contribution in [-0.4, -0.2) is 61.9 Å². The van der Waals surface area contributed by atoms with E-state index in [1.54, 1.807) is 0 Å². The fourth-order valence-electron chi connectivity index (χ4n) is 4.13. The average Bonchev–Trinajstić information content (AvgIpc) is 2.88. The van der Waals surface area contributed by atoms with Gasteiger partial charge in [-0.25, -0.2) is 0 Å². The quantitative estimate of drug-likeness (QED) is 0.0589. The van der Waals surface area contributed by atoms with Gasteiger partial charge in [-0.3, -0.25) is 4.79 Å². The van der Waals surface area contributed by atoms with Crippen LogP contribution >= 0.6 is 7.07 Å². The van der Waals surface area contributed by atoms with Crippen molar-refractivity contribution in [1.82, 2.24) is 5.09 Å². The van der Waals surface area contributed by atoms with Crippen LogP contribution in [-0.2, 0) is 30.6 Å². The van der Waals surface area contributed by atoms with Gasteiger partial charge in [-0.15, -0.1) is 9.61 Å². The highest BCUT2D eigenvalue weighted by atomic mass is 32.4. The molecule has 0 saturated carbocycles. The van der Waals surface area contributed by atoms with Crippen LogP contribution in [0.2, 0.25) is 0 Å². The molecule has 0 aliphatic rings. The van der Waals surface area contributed by atoms with Gasteiger partial charge in [-0.2, -0.15) is 0 Å². The van der Waals surface area contributed by atoms with Gasteiger partial charge in [0.05, 0.1) is 26.9 Å². The van der Waals surface area contributed by atoms with Crippen molar-refractivity contribution in [3.05, 3.63) is 0 Å². The maximum atomic E-state index is 11.2. The first kappa shape index (κ1) is 35.8. The Morgan fingerprint density at radius 3 is 1.89 bits per heavy atom. The summed E-state index contributed by atoms with van der Waals surface area (Å²) in [6, 6.07) is 0. The van der Waals surface area contributed by atoms with Crippen LogP contribution in [0, 0.1) is 0 Å². The Kier molecular flexibility index (Phi) is 27.7. The first-order valence-electron chi connectivity index (χ1n) is 14.4. The fraction of sp³-hybridized carbons (Fsp3) is 0.963. The predicted molar refractivity (Wildman–Crippen MR) is 152 cm³/mol. The summed E-state index contributed by atoms with van der Waals surface area (Å²) in [5.74, 6) is -0.223. The molecule has 0 aromatic heterocycles. The van der Waals surface area contributed by atoms with E-state index < -0.39 is 13.2 Å². The van der Waals surface area contributed by atoms with Gasteiger partial charge in [-0.05, 0) is 19.3 Å². The van der Waals surface area contributed by atoms with Crippen LogP contribution in [0.3, 0.4) is 0 Å². The third-order valence-electron chi connectivity index (χ3n) is 6.36. The lowest BCUT2D eigenvalue weighted by Gasteiger charge is -2.22. The van der Waals surface area contributed by atoms with Gasteiger partial charge in [0.25, 0.3) is 0 Å². The molecule has 9 heteroatoms. The van der Waals surface area contributed by atoms with E-state index in [4.69, 9.17) is 26.2 Å². The van der Waals surface area contributed by atoms with Crippen molar-refractivity contribution >= 4 is 24.9 Å².